The average Bonchev–Trinajstić information content (AvgIpc) is 2.68. The van der Waals surface area contributed by atoms with Crippen LogP contribution in [0.25, 0.3) is 10.9 Å². The SMILES string of the molecule is COc1ccc2nc(C(=O)Nc3cc(OC)c(OC)cc3Cl)ccc2c1. The Hall–Kier alpha value is -2.99. The number of ether oxygens (including phenoxy) is 3. The van der Waals surface area contributed by atoms with Crippen LogP contribution in [0, 0.1) is 0 Å². The van der Waals surface area contributed by atoms with Crippen molar-refractivity contribution < 1.29 is 19.0 Å². The monoisotopic (exact) mass is 372 g/mol. The fourth-order valence-corrected chi connectivity index (χ4v) is 2.69. The molecule has 26 heavy (non-hydrogen) atoms. The van der Waals surface area contributed by atoms with Gasteiger partial charge in [0.2, 0.25) is 0 Å². The molecule has 0 aliphatic rings. The molecule has 0 spiro atoms. The topological polar surface area (TPSA) is 69.7 Å². The summed E-state index contributed by atoms with van der Waals surface area (Å²) < 4.78 is 15.6. The van der Waals surface area contributed by atoms with E-state index in [0.29, 0.717) is 27.7 Å². The van der Waals surface area contributed by atoms with E-state index in [0.717, 1.165) is 11.1 Å². The van der Waals surface area contributed by atoms with E-state index in [9.17, 15) is 4.79 Å². The molecule has 7 heteroatoms. The van der Waals surface area contributed by atoms with E-state index in [-0.39, 0.29) is 11.6 Å². The maximum absolute atomic E-state index is 12.6. The van der Waals surface area contributed by atoms with Crippen LogP contribution in [-0.2, 0) is 0 Å². The standard InChI is InChI=1S/C19H17ClN2O4/c1-24-12-5-7-14-11(8-12)4-6-15(21-14)19(23)22-16-10-18(26-3)17(25-2)9-13(16)20/h4-10H,1-3H3,(H,22,23). The molecule has 0 unspecified atom stereocenters. The van der Waals surface area contributed by atoms with Crippen LogP contribution in [0.5, 0.6) is 17.2 Å². The van der Waals surface area contributed by atoms with E-state index in [2.05, 4.69) is 10.3 Å². The van der Waals surface area contributed by atoms with E-state index >= 15 is 0 Å². The van der Waals surface area contributed by atoms with Crippen molar-refractivity contribution >= 4 is 34.1 Å². The Labute approximate surface area is 155 Å². The molecule has 1 aromatic heterocycles. The predicted octanol–water partition coefficient (Wildman–Crippen LogP) is 4.17. The van der Waals surface area contributed by atoms with Crippen LogP contribution in [-0.4, -0.2) is 32.2 Å². The highest BCUT2D eigenvalue weighted by Crippen LogP contribution is 2.36. The lowest BCUT2D eigenvalue weighted by Gasteiger charge is -2.12. The van der Waals surface area contributed by atoms with Gasteiger partial charge in [-0.05, 0) is 24.3 Å². The van der Waals surface area contributed by atoms with Crippen LogP contribution in [0.1, 0.15) is 10.5 Å². The molecule has 6 nitrogen and oxygen atoms in total. The van der Waals surface area contributed by atoms with Gasteiger partial charge in [-0.25, -0.2) is 4.98 Å². The molecule has 1 heterocycles. The van der Waals surface area contributed by atoms with Gasteiger partial charge >= 0.3 is 0 Å². The smallest absolute Gasteiger partial charge is 0.274 e. The van der Waals surface area contributed by atoms with Gasteiger partial charge in [-0.15, -0.1) is 0 Å². The number of nitrogens with one attached hydrogen (secondary N) is 1. The maximum Gasteiger partial charge on any atom is 0.274 e. The van der Waals surface area contributed by atoms with Crippen molar-refractivity contribution in [3.63, 3.8) is 0 Å². The Morgan fingerprint density at radius 2 is 1.69 bits per heavy atom. The summed E-state index contributed by atoms with van der Waals surface area (Å²) in [7, 11) is 4.63. The molecule has 0 fully saturated rings. The van der Waals surface area contributed by atoms with E-state index in [4.69, 9.17) is 25.8 Å². The van der Waals surface area contributed by atoms with Crippen molar-refractivity contribution in [1.82, 2.24) is 4.98 Å². The first-order valence-corrected chi connectivity index (χ1v) is 8.11. The number of carbonyl (C=O) groups excluding carboxylic acids is 1. The Kier molecular flexibility index (Phi) is 5.14. The summed E-state index contributed by atoms with van der Waals surface area (Å²) in [5.74, 6) is 1.30. The van der Waals surface area contributed by atoms with Gasteiger partial charge in [-0.1, -0.05) is 17.7 Å². The molecule has 1 amide bonds. The minimum atomic E-state index is -0.378. The second kappa shape index (κ2) is 7.49. The molecule has 1 N–H and O–H groups in total. The molecule has 0 saturated heterocycles. The minimum absolute atomic E-state index is 0.272. The van der Waals surface area contributed by atoms with Gasteiger partial charge in [0, 0.05) is 17.5 Å². The number of anilines is 1. The van der Waals surface area contributed by atoms with Gasteiger partial charge < -0.3 is 19.5 Å². The fourth-order valence-electron chi connectivity index (χ4n) is 2.49. The van der Waals surface area contributed by atoms with Crippen LogP contribution in [0.15, 0.2) is 42.5 Å². The van der Waals surface area contributed by atoms with Gasteiger partial charge in [-0.2, -0.15) is 0 Å². The zero-order valence-electron chi connectivity index (χ0n) is 14.5. The Balaban J connectivity index is 1.89. The zero-order chi connectivity index (χ0) is 18.7. The van der Waals surface area contributed by atoms with Gasteiger partial charge in [0.15, 0.2) is 11.5 Å². The lowest BCUT2D eigenvalue weighted by atomic mass is 10.2. The summed E-state index contributed by atoms with van der Waals surface area (Å²) in [6.45, 7) is 0. The van der Waals surface area contributed by atoms with Crippen molar-refractivity contribution in [3.05, 3.63) is 53.2 Å². The van der Waals surface area contributed by atoms with E-state index in [1.54, 1.807) is 37.4 Å². The number of benzene rings is 2. The third-order valence-corrected chi connectivity index (χ3v) is 4.16. The number of hydrogen-bond acceptors (Lipinski definition) is 5. The number of methoxy groups -OCH3 is 3. The summed E-state index contributed by atoms with van der Waals surface area (Å²) in [5, 5.41) is 3.96. The Morgan fingerprint density at radius 1 is 0.962 bits per heavy atom. The number of carbonyl (C=O) groups is 1. The summed E-state index contributed by atoms with van der Waals surface area (Å²) in [5.41, 5.74) is 1.37. The molecular formula is C19H17ClN2O4. The van der Waals surface area contributed by atoms with Crippen molar-refractivity contribution in [1.29, 1.82) is 0 Å². The molecule has 3 aromatic rings. The molecule has 0 radical (unpaired) electrons. The number of fused-ring (bicyclic) bond motifs is 1. The Morgan fingerprint density at radius 3 is 2.38 bits per heavy atom. The second-order valence-electron chi connectivity index (χ2n) is 5.40. The molecule has 0 atom stereocenters. The van der Waals surface area contributed by atoms with Gasteiger partial charge in [0.05, 0.1) is 37.6 Å². The van der Waals surface area contributed by atoms with Crippen LogP contribution < -0.4 is 19.5 Å². The van der Waals surface area contributed by atoms with Crippen LogP contribution >= 0.6 is 11.6 Å². The first-order chi connectivity index (χ1) is 12.5. The number of aromatic nitrogens is 1. The fraction of sp³-hybridized carbons (Fsp3) is 0.158. The summed E-state index contributed by atoms with van der Waals surface area (Å²) in [6.07, 6.45) is 0. The number of nitrogens with zero attached hydrogens (tertiary/aromatic N) is 1. The van der Waals surface area contributed by atoms with Crippen molar-refractivity contribution in [2.75, 3.05) is 26.6 Å². The van der Waals surface area contributed by atoms with Crippen LogP contribution in [0.2, 0.25) is 5.02 Å². The first kappa shape index (κ1) is 17.8. The van der Waals surface area contributed by atoms with E-state index < -0.39 is 0 Å². The normalized spacial score (nSPS) is 10.5. The summed E-state index contributed by atoms with van der Waals surface area (Å²) in [4.78, 5) is 16.9. The Bertz CT molecular complexity index is 975. The minimum Gasteiger partial charge on any atom is -0.497 e. The van der Waals surface area contributed by atoms with E-state index in [1.807, 2.05) is 12.1 Å². The summed E-state index contributed by atoms with van der Waals surface area (Å²) >= 11 is 6.21. The third kappa shape index (κ3) is 3.50. The highest BCUT2D eigenvalue weighted by atomic mass is 35.5. The quantitative estimate of drug-likeness (QED) is 0.728. The third-order valence-electron chi connectivity index (χ3n) is 3.85. The molecule has 0 aliphatic carbocycles. The predicted molar refractivity (Wildman–Crippen MR) is 101 cm³/mol. The van der Waals surface area contributed by atoms with Crippen molar-refractivity contribution in [3.8, 4) is 17.2 Å². The zero-order valence-corrected chi connectivity index (χ0v) is 15.3. The van der Waals surface area contributed by atoms with Crippen molar-refractivity contribution in [2.45, 2.75) is 0 Å². The first-order valence-electron chi connectivity index (χ1n) is 7.73. The lowest BCUT2D eigenvalue weighted by Crippen LogP contribution is -2.14. The number of halogens is 1. The number of rotatable bonds is 5. The van der Waals surface area contributed by atoms with Gasteiger partial charge in [-0.3, -0.25) is 4.79 Å². The summed E-state index contributed by atoms with van der Waals surface area (Å²) in [6, 6.07) is 12.1. The highest BCUT2D eigenvalue weighted by Gasteiger charge is 2.14. The number of hydrogen-bond donors (Lipinski definition) is 1. The van der Waals surface area contributed by atoms with Gasteiger partial charge in [0.25, 0.3) is 5.91 Å². The van der Waals surface area contributed by atoms with Crippen LogP contribution in [0.4, 0.5) is 5.69 Å². The number of pyridine rings is 1. The molecule has 0 saturated carbocycles. The second-order valence-corrected chi connectivity index (χ2v) is 5.80. The van der Waals surface area contributed by atoms with Crippen molar-refractivity contribution in [2.24, 2.45) is 0 Å². The molecule has 2 aromatic carbocycles. The van der Waals surface area contributed by atoms with Gasteiger partial charge in [0.1, 0.15) is 11.4 Å². The maximum atomic E-state index is 12.6. The number of amides is 1. The molecule has 3 rings (SSSR count). The van der Waals surface area contributed by atoms with E-state index in [1.165, 1.54) is 14.2 Å². The highest BCUT2D eigenvalue weighted by molar-refractivity contribution is 6.34. The lowest BCUT2D eigenvalue weighted by molar-refractivity contribution is 0.102. The molecule has 134 valence electrons. The molecular weight excluding hydrogens is 356 g/mol. The largest absolute Gasteiger partial charge is 0.497 e. The molecule has 0 bridgehead atoms. The van der Waals surface area contributed by atoms with Crippen LogP contribution in [0.3, 0.4) is 0 Å². The molecule has 0 aliphatic heterocycles. The average molecular weight is 373 g/mol.